The van der Waals surface area contributed by atoms with E-state index in [2.05, 4.69) is 25.1 Å². The summed E-state index contributed by atoms with van der Waals surface area (Å²) in [6.07, 6.45) is 11.7. The molecule has 2 atom stereocenters. The van der Waals surface area contributed by atoms with Crippen molar-refractivity contribution in [3.05, 3.63) is 0 Å². The average Bonchev–Trinajstić information content (AvgIpc) is 2.62. The number of hydrogen-bond acceptors (Lipinski definition) is 1. The molecule has 0 aromatic carbocycles. The molecule has 1 N–H and O–H groups in total. The van der Waals surface area contributed by atoms with E-state index in [1.165, 1.54) is 32.2 Å². The normalized spacial score (nSPS) is 25.7. The van der Waals surface area contributed by atoms with Crippen LogP contribution in [0.4, 0.5) is 0 Å². The molecular formula is C14H25N. The van der Waals surface area contributed by atoms with Crippen molar-refractivity contribution in [2.75, 3.05) is 13.1 Å². The first-order valence-electron chi connectivity index (χ1n) is 6.38. The van der Waals surface area contributed by atoms with E-state index in [9.17, 15) is 0 Å². The van der Waals surface area contributed by atoms with Gasteiger partial charge in [-0.05, 0) is 43.7 Å². The Morgan fingerprint density at radius 1 is 1.33 bits per heavy atom. The fraction of sp³-hybridized carbons (Fsp3) is 0.857. The SMILES string of the molecule is C#CCCC1CCCC1CNCC(C)C. The summed E-state index contributed by atoms with van der Waals surface area (Å²) in [5.74, 6) is 5.30. The van der Waals surface area contributed by atoms with Crippen LogP contribution in [0.5, 0.6) is 0 Å². The van der Waals surface area contributed by atoms with Crippen LogP contribution in [-0.4, -0.2) is 13.1 Å². The first-order valence-corrected chi connectivity index (χ1v) is 6.38. The summed E-state index contributed by atoms with van der Waals surface area (Å²) in [6.45, 7) is 6.88. The molecule has 15 heavy (non-hydrogen) atoms. The smallest absolute Gasteiger partial charge is 0.00888 e. The average molecular weight is 207 g/mol. The zero-order valence-corrected chi connectivity index (χ0v) is 10.3. The van der Waals surface area contributed by atoms with Crippen molar-refractivity contribution in [2.24, 2.45) is 17.8 Å². The molecule has 1 fully saturated rings. The number of terminal acetylenes is 1. The molecule has 0 aromatic heterocycles. The summed E-state index contributed by atoms with van der Waals surface area (Å²) in [4.78, 5) is 0. The lowest BCUT2D eigenvalue weighted by Gasteiger charge is -2.19. The van der Waals surface area contributed by atoms with E-state index in [-0.39, 0.29) is 0 Å². The van der Waals surface area contributed by atoms with Gasteiger partial charge in [-0.15, -0.1) is 12.3 Å². The summed E-state index contributed by atoms with van der Waals surface area (Å²) in [7, 11) is 0. The third-order valence-electron chi connectivity index (χ3n) is 3.44. The van der Waals surface area contributed by atoms with Gasteiger partial charge in [-0.2, -0.15) is 0 Å². The van der Waals surface area contributed by atoms with Crippen LogP contribution < -0.4 is 5.32 Å². The number of hydrogen-bond donors (Lipinski definition) is 1. The van der Waals surface area contributed by atoms with E-state index < -0.39 is 0 Å². The first kappa shape index (κ1) is 12.6. The zero-order chi connectivity index (χ0) is 11.1. The molecule has 0 saturated heterocycles. The molecule has 0 aliphatic heterocycles. The van der Waals surface area contributed by atoms with E-state index in [0.717, 1.165) is 30.7 Å². The van der Waals surface area contributed by atoms with Crippen LogP contribution in [0.15, 0.2) is 0 Å². The predicted octanol–water partition coefficient (Wildman–Crippen LogP) is 3.06. The van der Waals surface area contributed by atoms with Crippen molar-refractivity contribution < 1.29 is 0 Å². The fourth-order valence-electron chi connectivity index (χ4n) is 2.59. The van der Waals surface area contributed by atoms with Gasteiger partial charge < -0.3 is 5.32 Å². The second-order valence-electron chi connectivity index (χ2n) is 5.25. The number of rotatable bonds is 6. The lowest BCUT2D eigenvalue weighted by Crippen LogP contribution is -2.28. The molecule has 86 valence electrons. The minimum absolute atomic E-state index is 0.760. The van der Waals surface area contributed by atoms with E-state index in [1.807, 2.05) is 0 Å². The van der Waals surface area contributed by atoms with Gasteiger partial charge in [0.2, 0.25) is 0 Å². The maximum atomic E-state index is 5.33. The molecule has 1 aliphatic carbocycles. The Bertz CT molecular complexity index is 202. The van der Waals surface area contributed by atoms with Crippen LogP contribution in [0.1, 0.15) is 46.0 Å². The molecule has 0 radical (unpaired) electrons. The summed E-state index contributed by atoms with van der Waals surface area (Å²) >= 11 is 0. The second-order valence-corrected chi connectivity index (χ2v) is 5.25. The van der Waals surface area contributed by atoms with Crippen molar-refractivity contribution in [3.63, 3.8) is 0 Å². The molecule has 1 heteroatoms. The van der Waals surface area contributed by atoms with Crippen molar-refractivity contribution >= 4 is 0 Å². The van der Waals surface area contributed by atoms with Gasteiger partial charge in [0, 0.05) is 6.42 Å². The zero-order valence-electron chi connectivity index (χ0n) is 10.3. The van der Waals surface area contributed by atoms with Crippen molar-refractivity contribution in [1.82, 2.24) is 5.32 Å². The quantitative estimate of drug-likeness (QED) is 0.660. The molecule has 1 saturated carbocycles. The minimum Gasteiger partial charge on any atom is -0.316 e. The van der Waals surface area contributed by atoms with Gasteiger partial charge in [0.1, 0.15) is 0 Å². The highest BCUT2D eigenvalue weighted by atomic mass is 14.9. The topological polar surface area (TPSA) is 12.0 Å². The third kappa shape index (κ3) is 4.71. The highest BCUT2D eigenvalue weighted by Gasteiger charge is 2.25. The van der Waals surface area contributed by atoms with E-state index in [4.69, 9.17) is 6.42 Å². The Kier molecular flexibility index (Phi) is 5.79. The standard InChI is InChI=1S/C14H25N/c1-4-5-7-13-8-6-9-14(13)11-15-10-12(2)3/h1,12-15H,5-11H2,2-3H3. The van der Waals surface area contributed by atoms with Crippen LogP contribution >= 0.6 is 0 Å². The third-order valence-corrected chi connectivity index (χ3v) is 3.44. The van der Waals surface area contributed by atoms with Gasteiger partial charge in [-0.1, -0.05) is 26.7 Å². The van der Waals surface area contributed by atoms with Crippen LogP contribution in [0.3, 0.4) is 0 Å². The van der Waals surface area contributed by atoms with Gasteiger partial charge in [0.05, 0.1) is 0 Å². The Labute approximate surface area is 95.0 Å². The van der Waals surface area contributed by atoms with Gasteiger partial charge in [-0.25, -0.2) is 0 Å². The highest BCUT2D eigenvalue weighted by Crippen LogP contribution is 2.34. The Balaban J connectivity index is 2.18. The van der Waals surface area contributed by atoms with E-state index >= 15 is 0 Å². The first-order chi connectivity index (χ1) is 7.24. The molecule has 0 bridgehead atoms. The molecule has 2 unspecified atom stereocenters. The van der Waals surface area contributed by atoms with Crippen LogP contribution in [0, 0.1) is 30.1 Å². The molecular weight excluding hydrogens is 182 g/mol. The Morgan fingerprint density at radius 2 is 2.07 bits per heavy atom. The van der Waals surface area contributed by atoms with Gasteiger partial charge >= 0.3 is 0 Å². The predicted molar refractivity (Wildman–Crippen MR) is 66.6 cm³/mol. The van der Waals surface area contributed by atoms with Crippen molar-refractivity contribution in [2.45, 2.75) is 46.0 Å². The lowest BCUT2D eigenvalue weighted by atomic mass is 9.91. The summed E-state index contributed by atoms with van der Waals surface area (Å²) in [6, 6.07) is 0. The van der Waals surface area contributed by atoms with Crippen LogP contribution in [0.25, 0.3) is 0 Å². The van der Waals surface area contributed by atoms with Gasteiger partial charge in [-0.3, -0.25) is 0 Å². The molecule has 1 aliphatic rings. The van der Waals surface area contributed by atoms with Gasteiger partial charge in [0.15, 0.2) is 0 Å². The van der Waals surface area contributed by atoms with Crippen LogP contribution in [0.2, 0.25) is 0 Å². The van der Waals surface area contributed by atoms with Crippen LogP contribution in [-0.2, 0) is 0 Å². The minimum atomic E-state index is 0.760. The molecule has 0 aromatic rings. The van der Waals surface area contributed by atoms with E-state index in [1.54, 1.807) is 0 Å². The summed E-state index contributed by atoms with van der Waals surface area (Å²) in [5.41, 5.74) is 0. The second kappa shape index (κ2) is 6.90. The van der Waals surface area contributed by atoms with Crippen molar-refractivity contribution in [3.8, 4) is 12.3 Å². The molecule has 0 amide bonds. The fourth-order valence-corrected chi connectivity index (χ4v) is 2.59. The lowest BCUT2D eigenvalue weighted by molar-refractivity contribution is 0.344. The van der Waals surface area contributed by atoms with Crippen molar-refractivity contribution in [1.29, 1.82) is 0 Å². The summed E-state index contributed by atoms with van der Waals surface area (Å²) < 4.78 is 0. The number of nitrogens with one attached hydrogen (secondary N) is 1. The molecule has 1 rings (SSSR count). The molecule has 0 heterocycles. The largest absolute Gasteiger partial charge is 0.316 e. The monoisotopic (exact) mass is 207 g/mol. The van der Waals surface area contributed by atoms with E-state index in [0.29, 0.717) is 0 Å². The maximum absolute atomic E-state index is 5.33. The molecule has 1 nitrogen and oxygen atoms in total. The summed E-state index contributed by atoms with van der Waals surface area (Å²) in [5, 5.41) is 3.58. The Morgan fingerprint density at radius 3 is 2.73 bits per heavy atom. The maximum Gasteiger partial charge on any atom is 0.00888 e. The highest BCUT2D eigenvalue weighted by molar-refractivity contribution is 4.87. The van der Waals surface area contributed by atoms with Gasteiger partial charge in [0.25, 0.3) is 0 Å². The molecule has 0 spiro atoms. The Hall–Kier alpha value is -0.480.